The molecule has 3 rings (SSSR count). The Morgan fingerprint density at radius 2 is 2.10 bits per heavy atom. The third-order valence-corrected chi connectivity index (χ3v) is 4.62. The van der Waals surface area contributed by atoms with Gasteiger partial charge < -0.3 is 19.7 Å². The fourth-order valence-electron chi connectivity index (χ4n) is 3.09. The number of amides is 2. The zero-order valence-electron chi connectivity index (χ0n) is 17.0. The number of aryl methyl sites for hydroxylation is 1. The van der Waals surface area contributed by atoms with Gasteiger partial charge in [-0.15, -0.1) is 6.58 Å². The van der Waals surface area contributed by atoms with Gasteiger partial charge in [-0.3, -0.25) is 9.59 Å². The molecular weight excluding hydrogens is 368 g/mol. The molecule has 2 amide bonds. The molecule has 2 aromatic rings. The van der Waals surface area contributed by atoms with Crippen LogP contribution in [0.4, 0.5) is 11.4 Å². The van der Waals surface area contributed by atoms with Crippen molar-refractivity contribution in [2.24, 2.45) is 5.41 Å². The largest absolute Gasteiger partial charge is 0.490 e. The Hall–Kier alpha value is -3.28. The van der Waals surface area contributed by atoms with E-state index in [1.54, 1.807) is 29.2 Å². The number of nitrogens with zero attached hydrogens (tertiary/aromatic N) is 1. The molecule has 0 fully saturated rings. The van der Waals surface area contributed by atoms with Gasteiger partial charge in [0.25, 0.3) is 5.91 Å². The van der Waals surface area contributed by atoms with Crippen LogP contribution in [-0.4, -0.2) is 31.6 Å². The fraction of sp³-hybridized carbons (Fsp3) is 0.304. The monoisotopic (exact) mass is 394 g/mol. The normalized spacial score (nSPS) is 15.0. The number of rotatable bonds is 6. The van der Waals surface area contributed by atoms with Crippen LogP contribution >= 0.6 is 0 Å². The Kier molecular flexibility index (Phi) is 5.92. The highest BCUT2D eigenvalue weighted by molar-refractivity contribution is 6.00. The summed E-state index contributed by atoms with van der Waals surface area (Å²) in [6.45, 7) is 9.94. The molecule has 6 nitrogen and oxygen atoms in total. The summed E-state index contributed by atoms with van der Waals surface area (Å²) in [4.78, 5) is 26.8. The molecule has 152 valence electrons. The van der Waals surface area contributed by atoms with E-state index in [4.69, 9.17) is 9.47 Å². The number of benzene rings is 2. The van der Waals surface area contributed by atoms with E-state index in [1.165, 1.54) is 0 Å². The Morgan fingerprint density at radius 3 is 2.83 bits per heavy atom. The third-order valence-electron chi connectivity index (χ3n) is 4.62. The van der Waals surface area contributed by atoms with Gasteiger partial charge in [-0.2, -0.15) is 0 Å². The Labute approximate surface area is 171 Å². The second-order valence-corrected chi connectivity index (χ2v) is 7.71. The zero-order valence-corrected chi connectivity index (χ0v) is 17.0. The molecule has 1 aliphatic heterocycles. The van der Waals surface area contributed by atoms with Crippen LogP contribution in [0.2, 0.25) is 0 Å². The van der Waals surface area contributed by atoms with Crippen LogP contribution in [0.15, 0.2) is 55.1 Å². The van der Waals surface area contributed by atoms with Crippen molar-refractivity contribution in [1.82, 2.24) is 0 Å². The highest BCUT2D eigenvalue weighted by Gasteiger charge is 2.37. The standard InChI is InChI=1S/C23H26N2O4/c1-5-11-25-19-10-9-17(13-20(19)29-15-23(3,4)22(25)27)24-21(26)14-28-18-8-6-7-16(2)12-18/h5-10,12-13H,1,11,14-15H2,2-4H3,(H,24,26). The summed E-state index contributed by atoms with van der Waals surface area (Å²) < 4.78 is 11.4. The molecule has 0 bridgehead atoms. The molecule has 1 aliphatic rings. The zero-order chi connectivity index (χ0) is 21.0. The van der Waals surface area contributed by atoms with E-state index >= 15 is 0 Å². The van der Waals surface area contributed by atoms with Gasteiger partial charge in [0.1, 0.15) is 18.1 Å². The van der Waals surface area contributed by atoms with Crippen LogP contribution < -0.4 is 19.7 Å². The minimum Gasteiger partial charge on any atom is -0.490 e. The van der Waals surface area contributed by atoms with Crippen molar-refractivity contribution >= 4 is 23.2 Å². The summed E-state index contributed by atoms with van der Waals surface area (Å²) in [6, 6.07) is 12.8. The summed E-state index contributed by atoms with van der Waals surface area (Å²) in [6.07, 6.45) is 1.68. The Morgan fingerprint density at radius 1 is 1.31 bits per heavy atom. The van der Waals surface area contributed by atoms with Crippen molar-refractivity contribution in [3.63, 3.8) is 0 Å². The van der Waals surface area contributed by atoms with E-state index in [2.05, 4.69) is 11.9 Å². The van der Waals surface area contributed by atoms with Crippen LogP contribution in [0.1, 0.15) is 19.4 Å². The predicted molar refractivity (Wildman–Crippen MR) is 114 cm³/mol. The average molecular weight is 394 g/mol. The number of hydrogen-bond donors (Lipinski definition) is 1. The summed E-state index contributed by atoms with van der Waals surface area (Å²) in [5.74, 6) is 0.883. The molecule has 0 atom stereocenters. The van der Waals surface area contributed by atoms with E-state index in [0.29, 0.717) is 29.4 Å². The molecule has 0 aromatic heterocycles. The summed E-state index contributed by atoms with van der Waals surface area (Å²) in [5.41, 5.74) is 1.64. The molecule has 0 aliphatic carbocycles. The maximum Gasteiger partial charge on any atom is 0.262 e. The predicted octanol–water partition coefficient (Wildman–Crippen LogP) is 3.95. The quantitative estimate of drug-likeness (QED) is 0.754. The molecule has 0 unspecified atom stereocenters. The first-order valence-electron chi connectivity index (χ1n) is 9.49. The third kappa shape index (κ3) is 4.77. The smallest absolute Gasteiger partial charge is 0.262 e. The van der Waals surface area contributed by atoms with Crippen LogP contribution in [-0.2, 0) is 9.59 Å². The first-order chi connectivity index (χ1) is 13.8. The first kappa shape index (κ1) is 20.5. The van der Waals surface area contributed by atoms with Gasteiger partial charge in [-0.1, -0.05) is 18.2 Å². The van der Waals surface area contributed by atoms with Gasteiger partial charge in [0, 0.05) is 18.3 Å². The lowest BCUT2D eigenvalue weighted by Gasteiger charge is -2.27. The van der Waals surface area contributed by atoms with Crippen LogP contribution in [0.5, 0.6) is 11.5 Å². The van der Waals surface area contributed by atoms with Crippen molar-refractivity contribution in [3.8, 4) is 11.5 Å². The minimum atomic E-state index is -0.660. The second kappa shape index (κ2) is 8.39. The molecule has 0 saturated heterocycles. The van der Waals surface area contributed by atoms with E-state index in [9.17, 15) is 9.59 Å². The topological polar surface area (TPSA) is 67.9 Å². The maximum absolute atomic E-state index is 12.8. The Balaban J connectivity index is 1.73. The van der Waals surface area contributed by atoms with Gasteiger partial charge in [0.2, 0.25) is 5.91 Å². The minimum absolute atomic E-state index is 0.0282. The molecule has 6 heteroatoms. The fourth-order valence-corrected chi connectivity index (χ4v) is 3.09. The lowest BCUT2D eigenvalue weighted by Crippen LogP contribution is -2.42. The van der Waals surface area contributed by atoms with Crippen molar-refractivity contribution in [1.29, 1.82) is 0 Å². The van der Waals surface area contributed by atoms with E-state index in [1.807, 2.05) is 45.0 Å². The molecular formula is C23H26N2O4. The maximum atomic E-state index is 12.8. The van der Waals surface area contributed by atoms with Gasteiger partial charge in [0.05, 0.1) is 11.1 Å². The number of carbonyl (C=O) groups is 2. The number of ether oxygens (including phenoxy) is 2. The van der Waals surface area contributed by atoms with E-state index < -0.39 is 5.41 Å². The van der Waals surface area contributed by atoms with Crippen molar-refractivity contribution in [2.45, 2.75) is 20.8 Å². The summed E-state index contributed by atoms with van der Waals surface area (Å²) >= 11 is 0. The number of fused-ring (bicyclic) bond motifs is 1. The lowest BCUT2D eigenvalue weighted by atomic mass is 9.93. The Bertz CT molecular complexity index is 936. The average Bonchev–Trinajstić information content (AvgIpc) is 2.77. The van der Waals surface area contributed by atoms with Gasteiger partial charge in [0.15, 0.2) is 6.61 Å². The van der Waals surface area contributed by atoms with Crippen molar-refractivity contribution < 1.29 is 19.1 Å². The highest BCUT2D eigenvalue weighted by Crippen LogP contribution is 2.38. The number of hydrogen-bond acceptors (Lipinski definition) is 4. The molecule has 29 heavy (non-hydrogen) atoms. The lowest BCUT2D eigenvalue weighted by molar-refractivity contribution is -0.127. The van der Waals surface area contributed by atoms with Crippen LogP contribution in [0.25, 0.3) is 0 Å². The van der Waals surface area contributed by atoms with Gasteiger partial charge in [-0.05, 0) is 50.6 Å². The van der Waals surface area contributed by atoms with E-state index in [0.717, 1.165) is 5.56 Å². The van der Waals surface area contributed by atoms with Gasteiger partial charge in [-0.25, -0.2) is 0 Å². The van der Waals surface area contributed by atoms with Crippen molar-refractivity contribution in [2.75, 3.05) is 30.0 Å². The second-order valence-electron chi connectivity index (χ2n) is 7.71. The first-order valence-corrected chi connectivity index (χ1v) is 9.49. The van der Waals surface area contributed by atoms with Gasteiger partial charge >= 0.3 is 0 Å². The molecule has 1 heterocycles. The van der Waals surface area contributed by atoms with Crippen molar-refractivity contribution in [3.05, 3.63) is 60.7 Å². The summed E-state index contributed by atoms with van der Waals surface area (Å²) in [7, 11) is 0. The molecule has 0 spiro atoms. The number of carbonyl (C=O) groups excluding carboxylic acids is 2. The summed E-state index contributed by atoms with van der Waals surface area (Å²) in [5, 5.41) is 2.81. The molecule has 0 radical (unpaired) electrons. The van der Waals surface area contributed by atoms with Crippen LogP contribution in [0, 0.1) is 12.3 Å². The molecule has 0 saturated carbocycles. The molecule has 2 aromatic carbocycles. The van der Waals surface area contributed by atoms with E-state index in [-0.39, 0.29) is 25.0 Å². The SMILES string of the molecule is C=CCN1C(=O)C(C)(C)COc2cc(NC(=O)COc3cccc(C)c3)ccc21. The molecule has 1 N–H and O–H groups in total. The number of anilines is 2. The number of nitrogens with one attached hydrogen (secondary N) is 1. The highest BCUT2D eigenvalue weighted by atomic mass is 16.5. The van der Waals surface area contributed by atoms with Crippen LogP contribution in [0.3, 0.4) is 0 Å².